The number of nitrogens with two attached hydrogens (primary N) is 1. The Balaban J connectivity index is 2.08. The first-order valence-corrected chi connectivity index (χ1v) is 6.20. The van der Waals surface area contributed by atoms with E-state index in [1.807, 2.05) is 45.0 Å². The lowest BCUT2D eigenvalue weighted by molar-refractivity contribution is 0.0499. The first-order chi connectivity index (χ1) is 8.37. The number of ether oxygens (including phenoxy) is 1. The second-order valence-electron chi connectivity index (χ2n) is 5.69. The van der Waals surface area contributed by atoms with Gasteiger partial charge in [0.05, 0.1) is 6.04 Å². The third-order valence-corrected chi connectivity index (χ3v) is 2.95. The van der Waals surface area contributed by atoms with E-state index < -0.39 is 11.7 Å². The number of fused-ring (bicyclic) bond motifs is 1. The second kappa shape index (κ2) is 4.61. The summed E-state index contributed by atoms with van der Waals surface area (Å²) in [7, 11) is 0. The highest BCUT2D eigenvalue weighted by molar-refractivity contribution is 5.69. The predicted molar refractivity (Wildman–Crippen MR) is 70.2 cm³/mol. The van der Waals surface area contributed by atoms with E-state index in [4.69, 9.17) is 10.5 Å². The van der Waals surface area contributed by atoms with Crippen LogP contribution in [0.3, 0.4) is 0 Å². The minimum absolute atomic E-state index is 0.0880. The van der Waals surface area contributed by atoms with Crippen molar-refractivity contribution in [2.75, 3.05) is 0 Å². The van der Waals surface area contributed by atoms with Gasteiger partial charge < -0.3 is 15.8 Å². The van der Waals surface area contributed by atoms with Crippen molar-refractivity contribution >= 4 is 6.09 Å². The average molecular weight is 248 g/mol. The number of alkyl carbamates (subject to hydrolysis) is 1. The average Bonchev–Trinajstić information content (AvgIpc) is 2.53. The van der Waals surface area contributed by atoms with Gasteiger partial charge in [0.1, 0.15) is 5.60 Å². The maximum atomic E-state index is 11.8. The molecule has 0 bridgehead atoms. The van der Waals surface area contributed by atoms with E-state index >= 15 is 0 Å². The third-order valence-electron chi connectivity index (χ3n) is 2.95. The van der Waals surface area contributed by atoms with Gasteiger partial charge in [-0.2, -0.15) is 0 Å². The number of hydrogen-bond donors (Lipinski definition) is 2. The van der Waals surface area contributed by atoms with Crippen LogP contribution in [0.1, 0.15) is 37.9 Å². The zero-order valence-electron chi connectivity index (χ0n) is 11.1. The number of nitrogens with one attached hydrogen (secondary N) is 1. The fourth-order valence-corrected chi connectivity index (χ4v) is 2.25. The van der Waals surface area contributed by atoms with Gasteiger partial charge in [-0.1, -0.05) is 24.3 Å². The highest BCUT2D eigenvalue weighted by Gasteiger charge is 2.31. The molecule has 0 saturated carbocycles. The third kappa shape index (κ3) is 2.82. The quantitative estimate of drug-likeness (QED) is 0.800. The molecule has 0 fully saturated rings. The molecule has 1 aliphatic carbocycles. The number of amides is 1. The first-order valence-electron chi connectivity index (χ1n) is 6.20. The summed E-state index contributed by atoms with van der Waals surface area (Å²) in [6, 6.07) is 7.75. The fraction of sp³-hybridized carbons (Fsp3) is 0.500. The SMILES string of the molecule is CC(C)(C)OC(=O)N[C@@H]1c2ccccc2C[C@@H]1N. The molecule has 0 spiro atoms. The number of carbonyl (C=O) groups is 1. The van der Waals surface area contributed by atoms with E-state index in [0.717, 1.165) is 12.0 Å². The van der Waals surface area contributed by atoms with Crippen LogP contribution in [0.2, 0.25) is 0 Å². The number of benzene rings is 1. The van der Waals surface area contributed by atoms with Crippen LogP contribution in [0.25, 0.3) is 0 Å². The van der Waals surface area contributed by atoms with E-state index in [0.29, 0.717) is 0 Å². The van der Waals surface area contributed by atoms with Gasteiger partial charge in [-0.05, 0) is 38.3 Å². The molecule has 1 amide bonds. The largest absolute Gasteiger partial charge is 0.444 e. The molecule has 2 rings (SSSR count). The van der Waals surface area contributed by atoms with Crippen LogP contribution in [0, 0.1) is 0 Å². The van der Waals surface area contributed by atoms with Crippen LogP contribution in [0.5, 0.6) is 0 Å². The molecule has 18 heavy (non-hydrogen) atoms. The molecule has 1 aromatic rings. The minimum Gasteiger partial charge on any atom is -0.444 e. The smallest absolute Gasteiger partial charge is 0.408 e. The maximum Gasteiger partial charge on any atom is 0.408 e. The number of hydrogen-bond acceptors (Lipinski definition) is 3. The van der Waals surface area contributed by atoms with Gasteiger partial charge in [-0.3, -0.25) is 0 Å². The molecular formula is C14H20N2O2. The molecule has 0 radical (unpaired) electrons. The van der Waals surface area contributed by atoms with Crippen molar-refractivity contribution in [2.45, 2.75) is 44.9 Å². The Morgan fingerprint density at radius 3 is 2.72 bits per heavy atom. The molecular weight excluding hydrogens is 228 g/mol. The van der Waals surface area contributed by atoms with Crippen molar-refractivity contribution in [1.82, 2.24) is 5.32 Å². The summed E-state index contributed by atoms with van der Waals surface area (Å²) in [4.78, 5) is 11.8. The maximum absolute atomic E-state index is 11.8. The predicted octanol–water partition coefficient (Wildman–Crippen LogP) is 2.14. The molecule has 0 heterocycles. The summed E-state index contributed by atoms with van der Waals surface area (Å²) < 4.78 is 5.26. The van der Waals surface area contributed by atoms with Crippen LogP contribution in [0.15, 0.2) is 24.3 Å². The van der Waals surface area contributed by atoms with Gasteiger partial charge in [0.15, 0.2) is 0 Å². The minimum atomic E-state index is -0.494. The number of rotatable bonds is 1. The zero-order valence-corrected chi connectivity index (χ0v) is 11.1. The molecule has 2 atom stereocenters. The van der Waals surface area contributed by atoms with Crippen LogP contribution >= 0.6 is 0 Å². The second-order valence-corrected chi connectivity index (χ2v) is 5.69. The molecule has 4 nitrogen and oxygen atoms in total. The van der Waals surface area contributed by atoms with Gasteiger partial charge >= 0.3 is 6.09 Å². The summed E-state index contributed by atoms with van der Waals surface area (Å²) in [6.45, 7) is 5.53. The van der Waals surface area contributed by atoms with E-state index in [-0.39, 0.29) is 12.1 Å². The molecule has 0 saturated heterocycles. The van der Waals surface area contributed by atoms with Crippen molar-refractivity contribution in [1.29, 1.82) is 0 Å². The van der Waals surface area contributed by atoms with Crippen LogP contribution in [-0.2, 0) is 11.2 Å². The molecule has 0 aliphatic heterocycles. The molecule has 0 aromatic heterocycles. The lowest BCUT2D eigenvalue weighted by Gasteiger charge is -2.23. The van der Waals surface area contributed by atoms with E-state index in [9.17, 15) is 4.79 Å². The van der Waals surface area contributed by atoms with Crippen molar-refractivity contribution in [3.8, 4) is 0 Å². The first kappa shape index (κ1) is 12.9. The van der Waals surface area contributed by atoms with Crippen LogP contribution in [-0.4, -0.2) is 17.7 Å². The molecule has 1 aliphatic rings. The van der Waals surface area contributed by atoms with Gasteiger partial charge in [0.2, 0.25) is 0 Å². The van der Waals surface area contributed by atoms with Crippen molar-refractivity contribution < 1.29 is 9.53 Å². The summed E-state index contributed by atoms with van der Waals surface area (Å²) in [5.74, 6) is 0. The highest BCUT2D eigenvalue weighted by atomic mass is 16.6. The van der Waals surface area contributed by atoms with Crippen molar-refractivity contribution in [3.05, 3.63) is 35.4 Å². The summed E-state index contributed by atoms with van der Waals surface area (Å²) in [5, 5.41) is 2.86. The lowest BCUT2D eigenvalue weighted by atomic mass is 10.1. The van der Waals surface area contributed by atoms with E-state index in [1.165, 1.54) is 5.56 Å². The summed E-state index contributed by atoms with van der Waals surface area (Å²) in [5.41, 5.74) is 7.87. The van der Waals surface area contributed by atoms with Crippen molar-refractivity contribution in [3.63, 3.8) is 0 Å². The van der Waals surface area contributed by atoms with Gasteiger partial charge in [0.25, 0.3) is 0 Å². The summed E-state index contributed by atoms with van der Waals surface area (Å²) >= 11 is 0. The van der Waals surface area contributed by atoms with Crippen LogP contribution < -0.4 is 11.1 Å². The Labute approximate surface area is 108 Å². The Bertz CT molecular complexity index is 451. The van der Waals surface area contributed by atoms with Gasteiger partial charge in [-0.25, -0.2) is 4.79 Å². The Morgan fingerprint density at radius 1 is 1.39 bits per heavy atom. The molecule has 3 N–H and O–H groups in total. The lowest BCUT2D eigenvalue weighted by Crippen LogP contribution is -2.41. The Kier molecular flexibility index (Phi) is 3.30. The molecule has 98 valence electrons. The number of carbonyl (C=O) groups excluding carboxylic acids is 1. The topological polar surface area (TPSA) is 64.3 Å². The zero-order chi connectivity index (χ0) is 13.3. The summed E-state index contributed by atoms with van der Waals surface area (Å²) in [6.07, 6.45) is 0.371. The van der Waals surface area contributed by atoms with Gasteiger partial charge in [0, 0.05) is 6.04 Å². The molecule has 1 aromatic carbocycles. The normalized spacial score (nSPS) is 22.4. The highest BCUT2D eigenvalue weighted by Crippen LogP contribution is 2.30. The van der Waals surface area contributed by atoms with Crippen molar-refractivity contribution in [2.24, 2.45) is 5.73 Å². The monoisotopic (exact) mass is 248 g/mol. The molecule has 4 heteroatoms. The Morgan fingerprint density at radius 2 is 2.06 bits per heavy atom. The van der Waals surface area contributed by atoms with Gasteiger partial charge in [-0.15, -0.1) is 0 Å². The fourth-order valence-electron chi connectivity index (χ4n) is 2.25. The van der Waals surface area contributed by atoms with E-state index in [2.05, 4.69) is 5.32 Å². The molecule has 0 unspecified atom stereocenters. The Hall–Kier alpha value is -1.55. The van der Waals surface area contributed by atoms with Crippen LogP contribution in [0.4, 0.5) is 4.79 Å². The standard InChI is InChI=1S/C14H20N2O2/c1-14(2,3)18-13(17)16-12-10-7-5-4-6-9(10)8-11(12)15/h4-7,11-12H,8,15H2,1-3H3,(H,16,17)/t11-,12+/m0/s1. The van der Waals surface area contributed by atoms with E-state index in [1.54, 1.807) is 0 Å².